The van der Waals surface area contributed by atoms with Gasteiger partial charge in [0.2, 0.25) is 0 Å². The number of rotatable bonds is 9. The molecule has 0 aromatic carbocycles. The molecule has 0 saturated heterocycles. The number of carbonyl (C=O) groups is 1. The first-order valence-corrected chi connectivity index (χ1v) is 6.14. The van der Waals surface area contributed by atoms with E-state index in [0.717, 1.165) is 18.8 Å². The lowest BCUT2D eigenvalue weighted by molar-refractivity contribution is -0.146. The Kier molecular flexibility index (Phi) is 5.22. The highest BCUT2D eigenvalue weighted by molar-refractivity contribution is 5.78. The summed E-state index contributed by atoms with van der Waals surface area (Å²) >= 11 is 0. The summed E-state index contributed by atoms with van der Waals surface area (Å²) < 4.78 is 5.46. The van der Waals surface area contributed by atoms with Crippen LogP contribution in [0.5, 0.6) is 0 Å². The van der Waals surface area contributed by atoms with Crippen molar-refractivity contribution in [3.8, 4) is 0 Å². The first-order valence-electron chi connectivity index (χ1n) is 6.14. The van der Waals surface area contributed by atoms with Crippen molar-refractivity contribution in [1.82, 2.24) is 5.32 Å². The van der Waals surface area contributed by atoms with Crippen molar-refractivity contribution in [2.45, 2.75) is 45.1 Å². The Morgan fingerprint density at radius 2 is 2.25 bits per heavy atom. The van der Waals surface area contributed by atoms with E-state index < -0.39 is 11.5 Å². The molecule has 1 atom stereocenters. The van der Waals surface area contributed by atoms with Crippen LogP contribution in [-0.4, -0.2) is 36.4 Å². The fourth-order valence-electron chi connectivity index (χ4n) is 1.52. The van der Waals surface area contributed by atoms with Crippen LogP contribution in [-0.2, 0) is 9.53 Å². The van der Waals surface area contributed by atoms with Crippen LogP contribution >= 0.6 is 0 Å². The summed E-state index contributed by atoms with van der Waals surface area (Å²) in [6.07, 6.45) is 4.62. The zero-order chi connectivity index (χ0) is 12.0. The summed E-state index contributed by atoms with van der Waals surface area (Å²) in [6.45, 7) is 5.33. The van der Waals surface area contributed by atoms with Crippen LogP contribution in [0.4, 0.5) is 0 Å². The van der Waals surface area contributed by atoms with Gasteiger partial charge in [-0.25, -0.2) is 0 Å². The number of carboxylic acids is 1. The smallest absolute Gasteiger partial charge is 0.326 e. The normalized spacial score (nSPS) is 19.4. The Balaban J connectivity index is 2.21. The molecule has 16 heavy (non-hydrogen) atoms. The summed E-state index contributed by atoms with van der Waals surface area (Å²) in [5, 5.41) is 12.2. The van der Waals surface area contributed by atoms with E-state index in [0.29, 0.717) is 13.2 Å². The van der Waals surface area contributed by atoms with Gasteiger partial charge >= 0.3 is 5.97 Å². The molecule has 0 bridgehead atoms. The summed E-state index contributed by atoms with van der Waals surface area (Å²) in [7, 11) is 0. The molecule has 1 aliphatic rings. The van der Waals surface area contributed by atoms with Gasteiger partial charge in [0.25, 0.3) is 0 Å². The summed E-state index contributed by atoms with van der Waals surface area (Å²) in [5.74, 6) is -0.00735. The highest BCUT2D eigenvalue weighted by Gasteiger charge is 2.32. The van der Waals surface area contributed by atoms with E-state index >= 15 is 0 Å². The number of nitrogens with one attached hydrogen (secondary N) is 1. The molecule has 0 aliphatic heterocycles. The number of ether oxygens (including phenoxy) is 1. The molecule has 2 N–H and O–H groups in total. The maximum atomic E-state index is 11.1. The quantitative estimate of drug-likeness (QED) is 0.590. The van der Waals surface area contributed by atoms with Gasteiger partial charge in [-0.1, -0.05) is 19.8 Å². The second-order valence-electron chi connectivity index (χ2n) is 4.85. The fraction of sp³-hybridized carbons (Fsp3) is 0.917. The lowest BCUT2D eigenvalue weighted by atomic mass is 10.0. The largest absolute Gasteiger partial charge is 0.480 e. The first-order chi connectivity index (χ1) is 7.58. The molecule has 0 radical (unpaired) electrons. The second-order valence-corrected chi connectivity index (χ2v) is 4.85. The van der Waals surface area contributed by atoms with Crippen molar-refractivity contribution in [1.29, 1.82) is 0 Å². The van der Waals surface area contributed by atoms with Crippen LogP contribution in [0, 0.1) is 5.92 Å². The average molecular weight is 229 g/mol. The molecule has 94 valence electrons. The standard InChI is InChI=1S/C12H23NO3/c1-3-7-13-12(2,11(14)15)9-16-8-6-10-4-5-10/h10,13H,3-9H2,1-2H3,(H,14,15). The average Bonchev–Trinajstić information content (AvgIpc) is 3.05. The monoisotopic (exact) mass is 229 g/mol. The van der Waals surface area contributed by atoms with E-state index in [-0.39, 0.29) is 6.61 Å². The van der Waals surface area contributed by atoms with Gasteiger partial charge in [0.1, 0.15) is 5.54 Å². The van der Waals surface area contributed by atoms with Gasteiger partial charge in [0.15, 0.2) is 0 Å². The van der Waals surface area contributed by atoms with Crippen LogP contribution in [0.3, 0.4) is 0 Å². The third-order valence-electron chi connectivity index (χ3n) is 3.00. The molecule has 0 aromatic rings. The summed E-state index contributed by atoms with van der Waals surface area (Å²) in [5.41, 5.74) is -0.945. The molecule has 1 aliphatic carbocycles. The van der Waals surface area contributed by atoms with E-state index in [4.69, 9.17) is 9.84 Å². The Bertz CT molecular complexity index is 228. The van der Waals surface area contributed by atoms with Crippen molar-refractivity contribution in [2.24, 2.45) is 5.92 Å². The van der Waals surface area contributed by atoms with E-state index in [1.54, 1.807) is 6.92 Å². The molecule has 0 heterocycles. The van der Waals surface area contributed by atoms with Crippen LogP contribution in [0.1, 0.15) is 39.5 Å². The van der Waals surface area contributed by atoms with Crippen LogP contribution < -0.4 is 5.32 Å². The van der Waals surface area contributed by atoms with E-state index in [1.807, 2.05) is 6.92 Å². The predicted octanol–water partition coefficient (Wildman–Crippen LogP) is 1.65. The second kappa shape index (κ2) is 6.21. The highest BCUT2D eigenvalue weighted by atomic mass is 16.5. The van der Waals surface area contributed by atoms with Gasteiger partial charge in [0, 0.05) is 6.61 Å². The molecular formula is C12H23NO3. The summed E-state index contributed by atoms with van der Waals surface area (Å²) in [4.78, 5) is 11.1. The maximum absolute atomic E-state index is 11.1. The van der Waals surface area contributed by atoms with Crippen molar-refractivity contribution in [3.05, 3.63) is 0 Å². The minimum atomic E-state index is -0.945. The van der Waals surface area contributed by atoms with E-state index in [9.17, 15) is 4.79 Å². The van der Waals surface area contributed by atoms with Crippen molar-refractivity contribution in [3.63, 3.8) is 0 Å². The minimum Gasteiger partial charge on any atom is -0.480 e. The van der Waals surface area contributed by atoms with E-state index in [1.165, 1.54) is 12.8 Å². The molecule has 0 aromatic heterocycles. The summed E-state index contributed by atoms with van der Waals surface area (Å²) in [6, 6.07) is 0. The van der Waals surface area contributed by atoms with Gasteiger partial charge in [-0.15, -0.1) is 0 Å². The molecule has 1 fully saturated rings. The third-order valence-corrected chi connectivity index (χ3v) is 3.00. The van der Waals surface area contributed by atoms with Crippen molar-refractivity contribution >= 4 is 5.97 Å². The van der Waals surface area contributed by atoms with Gasteiger partial charge in [-0.3, -0.25) is 4.79 Å². The molecule has 4 nitrogen and oxygen atoms in total. The van der Waals surface area contributed by atoms with Crippen molar-refractivity contribution < 1.29 is 14.6 Å². The SMILES string of the molecule is CCCNC(C)(COCCC1CC1)C(=O)O. The maximum Gasteiger partial charge on any atom is 0.326 e. The van der Waals surface area contributed by atoms with Gasteiger partial charge in [-0.2, -0.15) is 0 Å². The van der Waals surface area contributed by atoms with Gasteiger partial charge < -0.3 is 15.2 Å². The lowest BCUT2D eigenvalue weighted by Crippen LogP contribution is -2.53. The van der Waals surface area contributed by atoms with Crippen LogP contribution in [0.15, 0.2) is 0 Å². The molecule has 0 spiro atoms. The lowest BCUT2D eigenvalue weighted by Gasteiger charge is -2.26. The Morgan fingerprint density at radius 3 is 2.75 bits per heavy atom. The van der Waals surface area contributed by atoms with E-state index in [2.05, 4.69) is 5.32 Å². The van der Waals surface area contributed by atoms with Gasteiger partial charge in [0.05, 0.1) is 6.61 Å². The molecular weight excluding hydrogens is 206 g/mol. The topological polar surface area (TPSA) is 58.6 Å². The Hall–Kier alpha value is -0.610. The molecule has 1 unspecified atom stereocenters. The molecule has 0 amide bonds. The molecule has 1 saturated carbocycles. The zero-order valence-corrected chi connectivity index (χ0v) is 10.3. The molecule has 4 heteroatoms. The minimum absolute atomic E-state index is 0.245. The highest BCUT2D eigenvalue weighted by Crippen LogP contribution is 2.32. The first kappa shape index (κ1) is 13.5. The predicted molar refractivity (Wildman–Crippen MR) is 62.5 cm³/mol. The number of hydrogen-bond donors (Lipinski definition) is 2. The number of aliphatic carboxylic acids is 1. The van der Waals surface area contributed by atoms with Crippen molar-refractivity contribution in [2.75, 3.05) is 19.8 Å². The van der Waals surface area contributed by atoms with Crippen LogP contribution in [0.25, 0.3) is 0 Å². The third kappa shape index (κ3) is 4.49. The van der Waals surface area contributed by atoms with Crippen LogP contribution in [0.2, 0.25) is 0 Å². The Labute approximate surface area is 97.4 Å². The fourth-order valence-corrected chi connectivity index (χ4v) is 1.52. The zero-order valence-electron chi connectivity index (χ0n) is 10.3. The molecule has 1 rings (SSSR count). The van der Waals surface area contributed by atoms with Gasteiger partial charge in [-0.05, 0) is 32.2 Å². The number of hydrogen-bond acceptors (Lipinski definition) is 3. The number of carboxylic acid groups (broad SMARTS) is 1. The Morgan fingerprint density at radius 1 is 1.56 bits per heavy atom.